The van der Waals surface area contributed by atoms with E-state index in [2.05, 4.69) is 47.6 Å². The Balaban J connectivity index is 1.75. The molecule has 0 saturated heterocycles. The molecule has 1 heterocycles. The highest BCUT2D eigenvalue weighted by Gasteiger charge is 2.06. The molecule has 22 heavy (non-hydrogen) atoms. The van der Waals surface area contributed by atoms with Gasteiger partial charge >= 0.3 is 0 Å². The second-order valence-electron chi connectivity index (χ2n) is 5.40. The Labute approximate surface area is 131 Å². The Morgan fingerprint density at radius 1 is 1.05 bits per heavy atom. The number of methoxy groups -OCH3 is 1. The molecule has 3 rings (SSSR count). The van der Waals surface area contributed by atoms with Gasteiger partial charge in [-0.15, -0.1) is 0 Å². The third-order valence-corrected chi connectivity index (χ3v) is 3.89. The lowest BCUT2D eigenvalue weighted by molar-refractivity contribution is 0.415. The van der Waals surface area contributed by atoms with E-state index in [1.165, 1.54) is 16.3 Å². The molecule has 0 saturated carbocycles. The third-order valence-electron chi connectivity index (χ3n) is 3.89. The molecule has 2 aromatic carbocycles. The van der Waals surface area contributed by atoms with E-state index >= 15 is 0 Å². The van der Waals surface area contributed by atoms with Crippen LogP contribution in [0.4, 0.5) is 0 Å². The van der Waals surface area contributed by atoms with Crippen molar-refractivity contribution in [1.29, 1.82) is 0 Å². The second kappa shape index (κ2) is 6.58. The predicted octanol–water partition coefficient (Wildman–Crippen LogP) is 4.09. The van der Waals surface area contributed by atoms with Crippen LogP contribution >= 0.6 is 0 Å². The van der Waals surface area contributed by atoms with Gasteiger partial charge in [0.15, 0.2) is 0 Å². The first kappa shape index (κ1) is 14.5. The van der Waals surface area contributed by atoms with E-state index in [1.807, 2.05) is 30.5 Å². The van der Waals surface area contributed by atoms with Crippen molar-refractivity contribution in [2.45, 2.75) is 19.5 Å². The fourth-order valence-electron chi connectivity index (χ4n) is 2.52. The zero-order chi connectivity index (χ0) is 15.4. The maximum absolute atomic E-state index is 5.27. The van der Waals surface area contributed by atoms with E-state index in [4.69, 9.17) is 4.74 Å². The lowest BCUT2D eigenvalue weighted by atomic mass is 10.0. The number of rotatable bonds is 5. The van der Waals surface area contributed by atoms with Gasteiger partial charge in [-0.2, -0.15) is 0 Å². The summed E-state index contributed by atoms with van der Waals surface area (Å²) in [5.41, 5.74) is 2.33. The summed E-state index contributed by atoms with van der Waals surface area (Å²) in [6, 6.07) is 18.9. The summed E-state index contributed by atoms with van der Waals surface area (Å²) in [7, 11) is 1.69. The van der Waals surface area contributed by atoms with Crippen molar-refractivity contribution in [2.24, 2.45) is 0 Å². The number of pyridine rings is 1. The average molecular weight is 292 g/mol. The summed E-state index contributed by atoms with van der Waals surface area (Å²) in [6.07, 6.45) is 1.82. The Morgan fingerprint density at radius 3 is 2.64 bits per heavy atom. The minimum atomic E-state index is 0.272. The molecule has 0 amide bonds. The van der Waals surface area contributed by atoms with Gasteiger partial charge in [0.05, 0.1) is 12.8 Å². The van der Waals surface area contributed by atoms with Gasteiger partial charge in [0.25, 0.3) is 0 Å². The molecule has 0 aliphatic rings. The van der Waals surface area contributed by atoms with Gasteiger partial charge in [-0.3, -0.25) is 4.98 Å². The summed E-state index contributed by atoms with van der Waals surface area (Å²) in [5.74, 6) is 0.890. The summed E-state index contributed by atoms with van der Waals surface area (Å²) >= 11 is 0. The number of benzene rings is 2. The first-order valence-electron chi connectivity index (χ1n) is 7.47. The van der Waals surface area contributed by atoms with Crippen molar-refractivity contribution >= 4 is 10.8 Å². The van der Waals surface area contributed by atoms with Gasteiger partial charge in [0.1, 0.15) is 5.75 Å². The van der Waals surface area contributed by atoms with E-state index in [-0.39, 0.29) is 6.04 Å². The molecule has 1 N–H and O–H groups in total. The van der Waals surface area contributed by atoms with Crippen LogP contribution in [0.25, 0.3) is 10.8 Å². The maximum atomic E-state index is 5.27. The summed E-state index contributed by atoms with van der Waals surface area (Å²) in [5, 5.41) is 5.94. The molecular weight excluding hydrogens is 272 g/mol. The van der Waals surface area contributed by atoms with Crippen LogP contribution in [0.5, 0.6) is 5.75 Å². The number of nitrogens with one attached hydrogen (secondary N) is 1. The van der Waals surface area contributed by atoms with Crippen molar-refractivity contribution in [1.82, 2.24) is 10.3 Å². The number of nitrogens with zero attached hydrogens (tertiary/aromatic N) is 1. The van der Waals surface area contributed by atoms with Crippen molar-refractivity contribution in [2.75, 3.05) is 7.11 Å². The van der Waals surface area contributed by atoms with Gasteiger partial charge in [0.2, 0.25) is 0 Å². The van der Waals surface area contributed by atoms with Crippen molar-refractivity contribution in [3.05, 3.63) is 72.1 Å². The first-order valence-corrected chi connectivity index (χ1v) is 7.47. The monoisotopic (exact) mass is 292 g/mol. The number of aromatic nitrogens is 1. The van der Waals surface area contributed by atoms with E-state index in [0.29, 0.717) is 0 Å². The summed E-state index contributed by atoms with van der Waals surface area (Å²) in [6.45, 7) is 2.94. The van der Waals surface area contributed by atoms with Gasteiger partial charge < -0.3 is 10.1 Å². The Kier molecular flexibility index (Phi) is 4.35. The van der Waals surface area contributed by atoms with Crippen LogP contribution in [0.3, 0.4) is 0 Å². The zero-order valence-corrected chi connectivity index (χ0v) is 12.9. The molecule has 0 fully saturated rings. The molecule has 0 bridgehead atoms. The van der Waals surface area contributed by atoms with E-state index < -0.39 is 0 Å². The van der Waals surface area contributed by atoms with Crippen molar-refractivity contribution < 1.29 is 4.74 Å². The topological polar surface area (TPSA) is 34.1 Å². The van der Waals surface area contributed by atoms with Crippen molar-refractivity contribution in [3.63, 3.8) is 0 Å². The molecule has 0 aliphatic heterocycles. The van der Waals surface area contributed by atoms with E-state index in [1.54, 1.807) is 7.11 Å². The smallest absolute Gasteiger partial charge is 0.119 e. The van der Waals surface area contributed by atoms with Crippen LogP contribution in [-0.4, -0.2) is 12.1 Å². The third kappa shape index (κ3) is 3.26. The second-order valence-corrected chi connectivity index (χ2v) is 5.40. The molecule has 3 heteroatoms. The molecule has 112 valence electrons. The van der Waals surface area contributed by atoms with Gasteiger partial charge in [-0.05, 0) is 53.6 Å². The van der Waals surface area contributed by atoms with Crippen LogP contribution in [0, 0.1) is 0 Å². The Hall–Kier alpha value is -2.39. The van der Waals surface area contributed by atoms with Crippen molar-refractivity contribution in [3.8, 4) is 5.75 Å². The first-order chi connectivity index (χ1) is 10.8. The largest absolute Gasteiger partial charge is 0.497 e. The standard InChI is InChI=1S/C19H20N2O/c1-14(21-13-18-5-3-4-10-20-18)15-6-7-17-12-19(22-2)9-8-16(17)11-15/h3-12,14,21H,13H2,1-2H3. The SMILES string of the molecule is COc1ccc2cc(C(C)NCc3ccccn3)ccc2c1. The highest BCUT2D eigenvalue weighted by atomic mass is 16.5. The van der Waals surface area contributed by atoms with Crippen LogP contribution < -0.4 is 10.1 Å². The van der Waals surface area contributed by atoms with Crippen LogP contribution in [0.15, 0.2) is 60.8 Å². The fourth-order valence-corrected chi connectivity index (χ4v) is 2.52. The molecule has 1 unspecified atom stereocenters. The highest BCUT2D eigenvalue weighted by Crippen LogP contribution is 2.24. The number of hydrogen-bond donors (Lipinski definition) is 1. The molecule has 3 nitrogen and oxygen atoms in total. The van der Waals surface area contributed by atoms with E-state index in [9.17, 15) is 0 Å². The average Bonchev–Trinajstić information content (AvgIpc) is 2.59. The molecule has 0 radical (unpaired) electrons. The molecular formula is C19H20N2O. The van der Waals surface area contributed by atoms with Gasteiger partial charge in [-0.1, -0.05) is 24.3 Å². The van der Waals surface area contributed by atoms with Gasteiger partial charge in [0, 0.05) is 18.8 Å². The fraction of sp³-hybridized carbons (Fsp3) is 0.211. The van der Waals surface area contributed by atoms with Crippen LogP contribution in [0.1, 0.15) is 24.2 Å². The van der Waals surface area contributed by atoms with E-state index in [0.717, 1.165) is 18.0 Å². The Bertz CT molecular complexity index is 756. The highest BCUT2D eigenvalue weighted by molar-refractivity contribution is 5.84. The summed E-state index contributed by atoms with van der Waals surface area (Å²) in [4.78, 5) is 4.34. The maximum Gasteiger partial charge on any atom is 0.119 e. The molecule has 1 atom stereocenters. The van der Waals surface area contributed by atoms with Crippen LogP contribution in [0.2, 0.25) is 0 Å². The predicted molar refractivity (Wildman–Crippen MR) is 90.0 cm³/mol. The number of ether oxygens (including phenoxy) is 1. The minimum absolute atomic E-state index is 0.272. The molecule has 1 aromatic heterocycles. The van der Waals surface area contributed by atoms with Gasteiger partial charge in [-0.25, -0.2) is 0 Å². The number of hydrogen-bond acceptors (Lipinski definition) is 3. The summed E-state index contributed by atoms with van der Waals surface area (Å²) < 4.78 is 5.27. The number of fused-ring (bicyclic) bond motifs is 1. The lowest BCUT2D eigenvalue weighted by Crippen LogP contribution is -2.18. The molecule has 0 aliphatic carbocycles. The van der Waals surface area contributed by atoms with Crippen LogP contribution in [-0.2, 0) is 6.54 Å². The minimum Gasteiger partial charge on any atom is -0.497 e. The quantitative estimate of drug-likeness (QED) is 0.769. The zero-order valence-electron chi connectivity index (χ0n) is 12.9. The molecule has 0 spiro atoms. The molecule has 3 aromatic rings. The lowest BCUT2D eigenvalue weighted by Gasteiger charge is -2.15. The normalized spacial score (nSPS) is 12.3. The Morgan fingerprint density at radius 2 is 1.86 bits per heavy atom.